The molecule has 4 atom stereocenters. The third-order valence-electron chi connectivity index (χ3n) is 6.12. The highest BCUT2D eigenvalue weighted by Crippen LogP contribution is 2.37. The fourth-order valence-corrected chi connectivity index (χ4v) is 5.59. The summed E-state index contributed by atoms with van der Waals surface area (Å²) in [5, 5.41) is 2.65. The van der Waals surface area contributed by atoms with Gasteiger partial charge in [0.25, 0.3) is 5.91 Å². The van der Waals surface area contributed by atoms with Crippen molar-refractivity contribution in [1.82, 2.24) is 4.90 Å². The molecule has 0 bridgehead atoms. The van der Waals surface area contributed by atoms with Crippen molar-refractivity contribution in [2.24, 2.45) is 5.11 Å². The van der Waals surface area contributed by atoms with E-state index in [-0.39, 0.29) is 24.8 Å². The van der Waals surface area contributed by atoms with Crippen molar-refractivity contribution < 1.29 is 22.3 Å². The molecule has 8 nitrogen and oxygen atoms in total. The van der Waals surface area contributed by atoms with E-state index in [1.807, 2.05) is 24.3 Å². The van der Waals surface area contributed by atoms with Crippen molar-refractivity contribution in [2.45, 2.75) is 36.3 Å². The van der Waals surface area contributed by atoms with Crippen LogP contribution in [0.1, 0.15) is 29.2 Å². The Morgan fingerprint density at radius 3 is 2.62 bits per heavy atom. The number of sulfone groups is 1. The van der Waals surface area contributed by atoms with Crippen LogP contribution in [0.25, 0.3) is 10.4 Å². The molecule has 1 fully saturated rings. The molecule has 2 aromatic rings. The summed E-state index contributed by atoms with van der Waals surface area (Å²) in [5.41, 5.74) is 11.7. The molecule has 1 amide bonds. The highest BCUT2D eigenvalue weighted by molar-refractivity contribution is 7.91. The Hall–Kier alpha value is -2.94. The van der Waals surface area contributed by atoms with Crippen molar-refractivity contribution in [2.75, 3.05) is 19.4 Å². The lowest BCUT2D eigenvalue weighted by molar-refractivity contribution is -0.149. The quantitative estimate of drug-likeness (QED) is 0.398. The molecule has 2 aromatic carbocycles. The highest BCUT2D eigenvalue weighted by Gasteiger charge is 2.43. The third kappa shape index (κ3) is 4.34. The van der Waals surface area contributed by atoms with Crippen molar-refractivity contribution in [3.05, 3.63) is 81.5 Å². The second kappa shape index (κ2) is 8.90. The van der Waals surface area contributed by atoms with Gasteiger partial charge in [-0.15, -0.1) is 0 Å². The van der Waals surface area contributed by atoms with Gasteiger partial charge in [0, 0.05) is 17.7 Å². The minimum atomic E-state index is -3.52. The minimum Gasteiger partial charge on any atom is -0.367 e. The third-order valence-corrected chi connectivity index (χ3v) is 7.67. The van der Waals surface area contributed by atoms with E-state index in [9.17, 15) is 17.6 Å². The predicted octanol–water partition coefficient (Wildman–Crippen LogP) is 3.18. The number of carbonyl (C=O) groups is 1. The Morgan fingerprint density at radius 2 is 1.94 bits per heavy atom. The Kier molecular flexibility index (Phi) is 6.19. The maximum Gasteiger partial charge on any atom is 0.252 e. The number of fused-ring (bicyclic) bond motifs is 1. The van der Waals surface area contributed by atoms with E-state index < -0.39 is 33.3 Å². The van der Waals surface area contributed by atoms with Crippen LogP contribution in [0.2, 0.25) is 0 Å². The van der Waals surface area contributed by atoms with Gasteiger partial charge in [0.15, 0.2) is 9.84 Å². The van der Waals surface area contributed by atoms with Crippen LogP contribution in [-0.2, 0) is 25.8 Å². The molecule has 0 N–H and O–H groups in total. The number of hydrogen-bond acceptors (Lipinski definition) is 5. The van der Waals surface area contributed by atoms with E-state index in [0.29, 0.717) is 13.0 Å². The molecule has 1 saturated heterocycles. The van der Waals surface area contributed by atoms with Crippen molar-refractivity contribution in [3.63, 3.8) is 0 Å². The maximum atomic E-state index is 13.6. The largest absolute Gasteiger partial charge is 0.367 e. The van der Waals surface area contributed by atoms with Crippen LogP contribution in [0.15, 0.2) is 53.6 Å². The van der Waals surface area contributed by atoms with Crippen molar-refractivity contribution in [1.29, 1.82) is 0 Å². The Morgan fingerprint density at radius 1 is 1.22 bits per heavy atom. The molecule has 2 aliphatic heterocycles. The van der Waals surface area contributed by atoms with Crippen LogP contribution in [0.4, 0.5) is 4.39 Å². The summed E-state index contributed by atoms with van der Waals surface area (Å²) in [6.45, 7) is 0.212. The molecule has 0 spiro atoms. The van der Waals surface area contributed by atoms with Gasteiger partial charge in [-0.25, -0.2) is 12.8 Å². The lowest BCUT2D eigenvalue weighted by Gasteiger charge is -2.41. The Labute approximate surface area is 185 Å². The van der Waals surface area contributed by atoms with Crippen LogP contribution in [0.3, 0.4) is 0 Å². The zero-order valence-corrected chi connectivity index (χ0v) is 18.3. The second-order valence-electron chi connectivity index (χ2n) is 8.13. The van der Waals surface area contributed by atoms with Gasteiger partial charge >= 0.3 is 0 Å². The molecule has 0 aliphatic carbocycles. The van der Waals surface area contributed by atoms with Gasteiger partial charge in [-0.05, 0) is 47.2 Å². The van der Waals surface area contributed by atoms with Crippen LogP contribution >= 0.6 is 0 Å². The molecule has 0 aromatic heterocycles. The normalized spacial score (nSPS) is 25.5. The number of hydrogen-bond donors (Lipinski definition) is 0. The Balaban J connectivity index is 1.66. The number of azide groups is 1. The number of ether oxygens (including phenoxy) is 1. The number of carbonyl (C=O) groups excluding carboxylic acids is 1. The summed E-state index contributed by atoms with van der Waals surface area (Å²) in [6.07, 6.45) is 0.763. The van der Waals surface area contributed by atoms with E-state index >= 15 is 0 Å². The first-order valence-corrected chi connectivity index (χ1v) is 12.2. The number of amides is 1. The van der Waals surface area contributed by atoms with Crippen LogP contribution in [-0.4, -0.2) is 56.0 Å². The lowest BCUT2D eigenvalue weighted by atomic mass is 9.87. The lowest BCUT2D eigenvalue weighted by Crippen LogP contribution is -2.52. The molecule has 2 aliphatic rings. The summed E-state index contributed by atoms with van der Waals surface area (Å²) >= 11 is 0. The number of halogens is 1. The van der Waals surface area contributed by atoms with Crippen LogP contribution in [0, 0.1) is 5.82 Å². The predicted molar refractivity (Wildman–Crippen MR) is 116 cm³/mol. The molecule has 10 heteroatoms. The molecule has 32 heavy (non-hydrogen) atoms. The first-order valence-electron chi connectivity index (χ1n) is 10.3. The smallest absolute Gasteiger partial charge is 0.252 e. The summed E-state index contributed by atoms with van der Waals surface area (Å²) < 4.78 is 43.4. The van der Waals surface area contributed by atoms with E-state index in [4.69, 9.17) is 10.3 Å². The van der Waals surface area contributed by atoms with Gasteiger partial charge in [0.05, 0.1) is 23.9 Å². The summed E-state index contributed by atoms with van der Waals surface area (Å²) in [5.74, 6) is -0.672. The van der Waals surface area contributed by atoms with Crippen LogP contribution in [0.5, 0.6) is 0 Å². The highest BCUT2D eigenvalue weighted by atomic mass is 32.2. The molecule has 168 valence electrons. The SMILES string of the molecule is CS(=O)(=O)[C@@H]1CO[C@@H](C(=O)N2CCc3ccccc3[C@@H]2c2ccc(F)cc2)C[C@@H]1N=[N+]=[N-]. The van der Waals surface area contributed by atoms with Crippen LogP contribution < -0.4 is 0 Å². The van der Waals surface area contributed by atoms with Crippen molar-refractivity contribution in [3.8, 4) is 0 Å². The molecular formula is C22H23FN4O4S. The fraction of sp³-hybridized carbons (Fsp3) is 0.409. The molecule has 2 heterocycles. The Bertz CT molecular complexity index is 1160. The number of nitrogens with zero attached hydrogens (tertiary/aromatic N) is 4. The summed E-state index contributed by atoms with van der Waals surface area (Å²) in [4.78, 5) is 18.0. The van der Waals surface area contributed by atoms with E-state index in [0.717, 1.165) is 22.9 Å². The maximum absolute atomic E-state index is 13.6. The first kappa shape index (κ1) is 22.3. The van der Waals surface area contributed by atoms with Gasteiger partial charge in [-0.2, -0.15) is 0 Å². The average molecular weight is 459 g/mol. The number of benzene rings is 2. The van der Waals surface area contributed by atoms with Gasteiger partial charge in [0.2, 0.25) is 0 Å². The molecular weight excluding hydrogens is 435 g/mol. The number of rotatable bonds is 4. The topological polar surface area (TPSA) is 112 Å². The van der Waals surface area contributed by atoms with Gasteiger partial charge in [-0.1, -0.05) is 41.5 Å². The average Bonchev–Trinajstić information content (AvgIpc) is 2.78. The van der Waals surface area contributed by atoms with Crippen molar-refractivity contribution >= 4 is 15.7 Å². The molecule has 0 unspecified atom stereocenters. The van der Waals surface area contributed by atoms with Gasteiger partial charge in [0.1, 0.15) is 11.9 Å². The van der Waals surface area contributed by atoms with E-state index in [1.165, 1.54) is 12.1 Å². The van der Waals surface area contributed by atoms with Gasteiger partial charge < -0.3 is 9.64 Å². The first-order chi connectivity index (χ1) is 15.3. The standard InChI is InChI=1S/C22H23FN4O4S/c1-32(29,30)20-13-31-19(12-18(20)25-26-24)22(28)27-11-10-14-4-2-3-5-17(14)21(27)15-6-8-16(23)9-7-15/h2-9,18-21H,10-13H2,1H3/t18-,19+,20+,21-/m0/s1. The van der Waals surface area contributed by atoms with Gasteiger partial charge in [-0.3, -0.25) is 4.79 Å². The molecule has 0 radical (unpaired) electrons. The zero-order chi connectivity index (χ0) is 22.9. The minimum absolute atomic E-state index is 0.0189. The summed E-state index contributed by atoms with van der Waals surface area (Å²) in [6, 6.07) is 12.5. The molecule has 0 saturated carbocycles. The fourth-order valence-electron chi connectivity index (χ4n) is 4.52. The second-order valence-corrected chi connectivity index (χ2v) is 10.4. The van der Waals surface area contributed by atoms with E-state index in [1.54, 1.807) is 17.0 Å². The molecule has 4 rings (SSSR count). The summed E-state index contributed by atoms with van der Waals surface area (Å²) in [7, 11) is -3.52. The zero-order valence-electron chi connectivity index (χ0n) is 17.5. The van der Waals surface area contributed by atoms with E-state index in [2.05, 4.69) is 10.0 Å². The monoisotopic (exact) mass is 458 g/mol.